The Labute approximate surface area is 385 Å². The van der Waals surface area contributed by atoms with Crippen molar-refractivity contribution in [3.8, 4) is 0 Å². The van der Waals surface area contributed by atoms with E-state index >= 15 is 0 Å². The molecule has 16 nitrogen and oxygen atoms in total. The Morgan fingerprint density at radius 1 is 0.875 bits per heavy atom. The second-order valence-electron chi connectivity index (χ2n) is 21.9. The van der Waals surface area contributed by atoms with E-state index in [-0.39, 0.29) is 38.0 Å². The molecule has 0 unspecified atom stereocenters. The SMILES string of the molecule is C=CCO[C@]1(C)C[C@@H](C)C(=O)[C@H](C)[C@@]2(O)NC(=O)O[C@]2(C)[C@@H](CC)OC(=O)[C@H](C)[C@@H](O[C@H]2C[C@](C)(O)[C@@H](O[Si](C)(C)C)[C@H](C)O2)[C@H](C)[C@H]1O[C@@H]1O[C@H](C)C[C@H](N(C)C)[C@H]1O[Si](C)(C)C. The lowest BCUT2D eigenvalue weighted by molar-refractivity contribution is -0.316. The second-order valence-corrected chi connectivity index (χ2v) is 30.8. The van der Waals surface area contributed by atoms with Crippen LogP contribution < -0.4 is 5.32 Å². The van der Waals surface area contributed by atoms with Crippen LogP contribution in [0.15, 0.2) is 12.7 Å². The van der Waals surface area contributed by atoms with Gasteiger partial charge in [-0.05, 0) is 114 Å². The second kappa shape index (κ2) is 20.4. The molecular weight excluding hydrogens is 861 g/mol. The number of carbonyl (C=O) groups excluding carboxylic acids is 3. The molecule has 4 fully saturated rings. The van der Waals surface area contributed by atoms with Crippen LogP contribution >= 0.6 is 0 Å². The van der Waals surface area contributed by atoms with E-state index in [0.29, 0.717) is 6.42 Å². The number of Topliss-reactive ketones (excluding diaryl/α,β-unsaturated/α-hetero) is 1. The van der Waals surface area contributed by atoms with Gasteiger partial charge in [0.2, 0.25) is 0 Å². The molecule has 0 aromatic carbocycles. The summed E-state index contributed by atoms with van der Waals surface area (Å²) in [5.74, 6) is -4.95. The third kappa shape index (κ3) is 12.1. The lowest BCUT2D eigenvalue weighted by Crippen LogP contribution is -2.67. The lowest BCUT2D eigenvalue weighted by atomic mass is 9.71. The molecule has 4 aliphatic rings. The summed E-state index contributed by atoms with van der Waals surface area (Å²) in [6.45, 7) is 34.0. The first-order valence-electron chi connectivity index (χ1n) is 23.3. The zero-order valence-corrected chi connectivity index (χ0v) is 44.1. The van der Waals surface area contributed by atoms with Gasteiger partial charge in [-0.3, -0.25) is 14.9 Å². The van der Waals surface area contributed by atoms with E-state index in [9.17, 15) is 24.6 Å². The van der Waals surface area contributed by atoms with Gasteiger partial charge in [0.1, 0.15) is 18.0 Å². The fourth-order valence-corrected chi connectivity index (χ4v) is 12.7. The zero-order valence-electron chi connectivity index (χ0n) is 42.1. The van der Waals surface area contributed by atoms with Crippen molar-refractivity contribution >= 4 is 34.5 Å². The summed E-state index contributed by atoms with van der Waals surface area (Å²) in [4.78, 5) is 44.8. The van der Waals surface area contributed by atoms with Crippen LogP contribution in [0, 0.1) is 23.7 Å². The van der Waals surface area contributed by atoms with Crippen molar-refractivity contribution in [1.29, 1.82) is 0 Å². The van der Waals surface area contributed by atoms with E-state index in [4.69, 9.17) is 42.0 Å². The number of rotatable bonds is 13. The highest BCUT2D eigenvalue weighted by Gasteiger charge is 2.67. The summed E-state index contributed by atoms with van der Waals surface area (Å²) >= 11 is 0. The van der Waals surface area contributed by atoms with Gasteiger partial charge in [0.25, 0.3) is 0 Å². The molecule has 0 aliphatic carbocycles. The maximum absolute atomic E-state index is 14.8. The Morgan fingerprint density at radius 3 is 2.02 bits per heavy atom. The summed E-state index contributed by atoms with van der Waals surface area (Å²) in [6.07, 6.45) is -5.65. The highest BCUT2D eigenvalue weighted by atomic mass is 28.4. The third-order valence-electron chi connectivity index (χ3n) is 13.6. The van der Waals surface area contributed by atoms with Crippen molar-refractivity contribution < 1.29 is 66.6 Å². The molecule has 4 saturated heterocycles. The highest BCUT2D eigenvalue weighted by molar-refractivity contribution is 6.70. The Balaban J connectivity index is 1.97. The minimum absolute atomic E-state index is 0.0147. The quantitative estimate of drug-likeness (QED) is 0.108. The molecule has 0 bridgehead atoms. The van der Waals surface area contributed by atoms with Crippen LogP contribution in [-0.4, -0.2) is 154 Å². The van der Waals surface area contributed by atoms with Gasteiger partial charge >= 0.3 is 12.1 Å². The molecule has 64 heavy (non-hydrogen) atoms. The monoisotopic (exact) mass is 945 g/mol. The number of esters is 1. The summed E-state index contributed by atoms with van der Waals surface area (Å²) < 4.78 is 59.8. The molecule has 0 aromatic rings. The molecule has 4 heterocycles. The van der Waals surface area contributed by atoms with Gasteiger partial charge in [0.15, 0.2) is 40.5 Å². The molecule has 3 N–H and O–H groups in total. The van der Waals surface area contributed by atoms with E-state index < -0.39 is 130 Å². The molecule has 4 rings (SSSR count). The summed E-state index contributed by atoms with van der Waals surface area (Å²) in [6, 6.07) is -0.0903. The van der Waals surface area contributed by atoms with E-state index in [1.807, 2.05) is 61.4 Å². The Hall–Kier alpha value is -1.82. The van der Waals surface area contributed by atoms with Gasteiger partial charge in [-0.15, -0.1) is 6.58 Å². The minimum Gasteiger partial charge on any atom is -0.458 e. The lowest BCUT2D eigenvalue weighted by Gasteiger charge is -2.51. The van der Waals surface area contributed by atoms with E-state index in [2.05, 4.69) is 36.4 Å². The molecule has 0 aromatic heterocycles. The molecule has 0 radical (unpaired) electrons. The third-order valence-corrected chi connectivity index (χ3v) is 15.6. The van der Waals surface area contributed by atoms with Crippen LogP contribution in [0.25, 0.3) is 0 Å². The summed E-state index contributed by atoms with van der Waals surface area (Å²) in [5.41, 5.74) is -6.86. The minimum atomic E-state index is -2.28. The molecule has 4 aliphatic heterocycles. The smallest absolute Gasteiger partial charge is 0.410 e. The number of nitrogens with zero attached hydrogens (tertiary/aromatic N) is 1. The first-order chi connectivity index (χ1) is 29.2. The van der Waals surface area contributed by atoms with E-state index in [1.54, 1.807) is 33.8 Å². The van der Waals surface area contributed by atoms with E-state index in [0.717, 1.165) is 0 Å². The van der Waals surface area contributed by atoms with Crippen molar-refractivity contribution in [1.82, 2.24) is 10.2 Å². The first-order valence-corrected chi connectivity index (χ1v) is 30.1. The van der Waals surface area contributed by atoms with Crippen LogP contribution in [0.5, 0.6) is 0 Å². The molecule has 18 heteroatoms. The molecule has 0 saturated carbocycles. The standard InChI is InChI=1S/C46H84N2O14Si2/c1-20-22-54-44(10)24-26(3)35(49)30(7)46(53)45(11,60-42(51)47-46)33(21-2)57-40(50)29(6)36(58-34-25-43(9,52)39(31(8)56-34)62-64(17,18)19)28(5)38(44)59-41-37(61-63(14,15)16)32(48(12)13)23-27(4)55-41/h20,26-34,36-39,41,52-53H,1,21-25H2,2-19H3,(H,47,51)/t26-,27-,28+,29-,30+,31+,32+,33-,34+,36+,37-,38-,39+,41+,43+,44-,45-,46+/m1/s1. The van der Waals surface area contributed by atoms with Crippen molar-refractivity contribution in [3.05, 3.63) is 12.7 Å². The number of aliphatic hydroxyl groups is 2. The van der Waals surface area contributed by atoms with Crippen molar-refractivity contribution in [2.24, 2.45) is 23.7 Å². The molecule has 0 spiro atoms. The van der Waals surface area contributed by atoms with Crippen molar-refractivity contribution in [3.63, 3.8) is 0 Å². The van der Waals surface area contributed by atoms with Gasteiger partial charge in [0, 0.05) is 24.3 Å². The van der Waals surface area contributed by atoms with Crippen molar-refractivity contribution in [2.45, 2.75) is 218 Å². The maximum atomic E-state index is 14.8. The number of amides is 1. The fraction of sp³-hybridized carbons (Fsp3) is 0.891. The van der Waals surface area contributed by atoms with Crippen LogP contribution in [0.4, 0.5) is 4.79 Å². The van der Waals surface area contributed by atoms with Gasteiger partial charge < -0.3 is 57.1 Å². The molecule has 18 atom stereocenters. The Kier molecular flexibility index (Phi) is 17.5. The molecule has 370 valence electrons. The van der Waals surface area contributed by atoms with Gasteiger partial charge in [-0.2, -0.15) is 0 Å². The normalized spacial score (nSPS) is 44.4. The van der Waals surface area contributed by atoms with Crippen LogP contribution in [-0.2, 0) is 51.6 Å². The number of carbonyl (C=O) groups is 3. The number of cyclic esters (lactones) is 1. The average Bonchev–Trinajstić information content (AvgIpc) is 3.41. The number of hydrogen-bond acceptors (Lipinski definition) is 15. The number of likely N-dealkylation sites (N-methyl/N-ethyl adjacent to an activating group) is 1. The predicted octanol–water partition coefficient (Wildman–Crippen LogP) is 6.14. The Bertz CT molecular complexity index is 1640. The van der Waals surface area contributed by atoms with Crippen LogP contribution in [0.2, 0.25) is 39.3 Å². The van der Waals surface area contributed by atoms with Gasteiger partial charge in [-0.25, -0.2) is 4.79 Å². The summed E-state index contributed by atoms with van der Waals surface area (Å²) in [5, 5.41) is 26.9. The maximum Gasteiger partial charge on any atom is 0.410 e. The zero-order chi connectivity index (χ0) is 48.7. The van der Waals surface area contributed by atoms with Crippen molar-refractivity contribution in [2.75, 3.05) is 20.7 Å². The topological polar surface area (TPSA) is 190 Å². The van der Waals surface area contributed by atoms with Gasteiger partial charge in [0.05, 0.1) is 60.2 Å². The fourth-order valence-electron chi connectivity index (χ4n) is 10.4. The van der Waals surface area contributed by atoms with Crippen LogP contribution in [0.3, 0.4) is 0 Å². The number of alkyl carbamates (subject to hydrolysis) is 1. The van der Waals surface area contributed by atoms with Gasteiger partial charge in [-0.1, -0.05) is 33.8 Å². The van der Waals surface area contributed by atoms with E-state index in [1.165, 1.54) is 13.8 Å². The number of nitrogens with one attached hydrogen (secondary N) is 1. The molecular formula is C46H84N2O14Si2. The summed E-state index contributed by atoms with van der Waals surface area (Å²) in [7, 11) is -0.358. The highest BCUT2D eigenvalue weighted by Crippen LogP contribution is 2.46. The number of ether oxygens (including phenoxy) is 7. The predicted molar refractivity (Wildman–Crippen MR) is 246 cm³/mol. The number of fused-ring (bicyclic) bond motifs is 1. The first kappa shape index (κ1) is 54.8. The largest absolute Gasteiger partial charge is 0.458 e. The molecule has 1 amide bonds. The number of ketones is 1. The average molecular weight is 945 g/mol. The Morgan fingerprint density at radius 2 is 1.48 bits per heavy atom. The number of hydrogen-bond donors (Lipinski definition) is 3. The van der Waals surface area contributed by atoms with Crippen LogP contribution in [0.1, 0.15) is 94.9 Å².